The fraction of sp³-hybridized carbons (Fsp3) is 0.615. The average molecular weight is 283 g/mol. The standard InChI is InChI=1S/C13H21N3O4/c1-9(2)8-11(13(18)19)14-12(17)10-4-5-16(15-10)6-7-20-3/h4-5,9,11H,6-8H2,1-3H3,(H,14,17)(H,18,19). The van der Waals surface area contributed by atoms with E-state index < -0.39 is 17.9 Å². The summed E-state index contributed by atoms with van der Waals surface area (Å²) in [5.74, 6) is -1.34. The molecule has 0 aromatic carbocycles. The van der Waals surface area contributed by atoms with Crippen molar-refractivity contribution in [1.29, 1.82) is 0 Å². The van der Waals surface area contributed by atoms with Crippen LogP contribution >= 0.6 is 0 Å². The van der Waals surface area contributed by atoms with E-state index in [4.69, 9.17) is 9.84 Å². The first-order valence-electron chi connectivity index (χ1n) is 6.50. The Kier molecular flexibility index (Phi) is 6.17. The molecule has 0 bridgehead atoms. The summed E-state index contributed by atoms with van der Waals surface area (Å²) in [6.45, 7) is 4.84. The number of ether oxygens (including phenoxy) is 1. The van der Waals surface area contributed by atoms with E-state index in [2.05, 4.69) is 10.4 Å². The van der Waals surface area contributed by atoms with Gasteiger partial charge in [0.05, 0.1) is 13.2 Å². The van der Waals surface area contributed by atoms with Crippen LogP contribution < -0.4 is 5.32 Å². The minimum absolute atomic E-state index is 0.177. The SMILES string of the molecule is COCCn1ccc(C(=O)NC(CC(C)C)C(=O)O)n1. The second-order valence-corrected chi connectivity index (χ2v) is 4.95. The molecule has 0 saturated carbocycles. The number of carboxylic acids is 1. The maximum atomic E-state index is 11.9. The third kappa shape index (κ3) is 5.00. The summed E-state index contributed by atoms with van der Waals surface area (Å²) in [5.41, 5.74) is 0.205. The van der Waals surface area contributed by atoms with Gasteiger partial charge in [0.1, 0.15) is 11.7 Å². The van der Waals surface area contributed by atoms with Gasteiger partial charge >= 0.3 is 5.97 Å². The smallest absolute Gasteiger partial charge is 0.326 e. The molecule has 0 radical (unpaired) electrons. The van der Waals surface area contributed by atoms with Crippen molar-refractivity contribution in [2.24, 2.45) is 5.92 Å². The Hall–Kier alpha value is -1.89. The number of nitrogens with one attached hydrogen (secondary N) is 1. The van der Waals surface area contributed by atoms with Crippen LogP contribution in [0, 0.1) is 5.92 Å². The summed E-state index contributed by atoms with van der Waals surface area (Å²) in [4.78, 5) is 23.0. The number of rotatable bonds is 8. The van der Waals surface area contributed by atoms with Gasteiger partial charge in [-0.25, -0.2) is 4.79 Å². The first kappa shape index (κ1) is 16.2. The Balaban J connectivity index is 2.64. The van der Waals surface area contributed by atoms with Crippen LogP contribution in [0.15, 0.2) is 12.3 Å². The maximum Gasteiger partial charge on any atom is 0.326 e. The molecular weight excluding hydrogens is 262 g/mol. The van der Waals surface area contributed by atoms with Crippen molar-refractivity contribution < 1.29 is 19.4 Å². The number of carbonyl (C=O) groups excluding carboxylic acids is 1. The minimum Gasteiger partial charge on any atom is -0.480 e. The highest BCUT2D eigenvalue weighted by Gasteiger charge is 2.22. The van der Waals surface area contributed by atoms with Gasteiger partial charge in [0.25, 0.3) is 5.91 Å². The van der Waals surface area contributed by atoms with Crippen molar-refractivity contribution >= 4 is 11.9 Å². The summed E-state index contributed by atoms with van der Waals surface area (Å²) < 4.78 is 6.50. The lowest BCUT2D eigenvalue weighted by Crippen LogP contribution is -2.41. The number of methoxy groups -OCH3 is 1. The summed E-state index contributed by atoms with van der Waals surface area (Å²) >= 11 is 0. The Bertz CT molecular complexity index is 456. The molecule has 1 unspecified atom stereocenters. The Labute approximate surface area is 117 Å². The largest absolute Gasteiger partial charge is 0.480 e. The molecule has 0 saturated heterocycles. The van der Waals surface area contributed by atoms with E-state index in [-0.39, 0.29) is 11.6 Å². The molecule has 1 rings (SSSR count). The Morgan fingerprint density at radius 3 is 2.75 bits per heavy atom. The number of aliphatic carboxylic acids is 1. The van der Waals surface area contributed by atoms with Gasteiger partial charge in [-0.15, -0.1) is 0 Å². The molecule has 1 aromatic rings. The zero-order chi connectivity index (χ0) is 15.1. The Morgan fingerprint density at radius 1 is 1.50 bits per heavy atom. The highest BCUT2D eigenvalue weighted by molar-refractivity contribution is 5.94. The molecule has 1 amide bonds. The molecule has 0 aliphatic rings. The first-order valence-corrected chi connectivity index (χ1v) is 6.50. The zero-order valence-electron chi connectivity index (χ0n) is 12.0. The molecule has 1 heterocycles. The summed E-state index contributed by atoms with van der Waals surface area (Å²) in [6, 6.07) is 0.658. The predicted octanol–water partition coefficient (Wildman–Crippen LogP) is 0.759. The minimum atomic E-state index is -1.04. The second-order valence-electron chi connectivity index (χ2n) is 4.95. The third-order valence-electron chi connectivity index (χ3n) is 2.71. The van der Waals surface area contributed by atoms with E-state index in [1.807, 2.05) is 13.8 Å². The van der Waals surface area contributed by atoms with Gasteiger partial charge in [-0.05, 0) is 18.4 Å². The van der Waals surface area contributed by atoms with Crippen LogP contribution in [0.5, 0.6) is 0 Å². The molecule has 0 fully saturated rings. The van der Waals surface area contributed by atoms with Gasteiger partial charge in [-0.3, -0.25) is 9.48 Å². The highest BCUT2D eigenvalue weighted by Crippen LogP contribution is 2.06. The van der Waals surface area contributed by atoms with Crippen LogP contribution in [0.2, 0.25) is 0 Å². The number of carboxylic acid groups (broad SMARTS) is 1. The van der Waals surface area contributed by atoms with Crippen LogP contribution in [0.3, 0.4) is 0 Å². The zero-order valence-corrected chi connectivity index (χ0v) is 12.0. The highest BCUT2D eigenvalue weighted by atomic mass is 16.5. The van der Waals surface area contributed by atoms with Crippen molar-refractivity contribution in [3.05, 3.63) is 18.0 Å². The van der Waals surface area contributed by atoms with Crippen LogP contribution in [-0.2, 0) is 16.1 Å². The molecule has 112 valence electrons. The quantitative estimate of drug-likeness (QED) is 0.734. The molecule has 0 spiro atoms. The van der Waals surface area contributed by atoms with E-state index in [1.54, 1.807) is 24.1 Å². The normalized spacial score (nSPS) is 12.4. The molecule has 7 heteroatoms. The molecule has 7 nitrogen and oxygen atoms in total. The summed E-state index contributed by atoms with van der Waals surface area (Å²) in [6.07, 6.45) is 2.04. The van der Waals surface area contributed by atoms with Gasteiger partial charge in [0.15, 0.2) is 0 Å². The van der Waals surface area contributed by atoms with Crippen molar-refractivity contribution in [1.82, 2.24) is 15.1 Å². The lowest BCUT2D eigenvalue weighted by atomic mass is 10.0. The average Bonchev–Trinajstić information content (AvgIpc) is 2.83. The third-order valence-corrected chi connectivity index (χ3v) is 2.71. The van der Waals surface area contributed by atoms with Gasteiger partial charge in [0, 0.05) is 13.3 Å². The fourth-order valence-electron chi connectivity index (χ4n) is 1.72. The van der Waals surface area contributed by atoms with Crippen molar-refractivity contribution in [2.75, 3.05) is 13.7 Å². The van der Waals surface area contributed by atoms with Gasteiger partial charge in [0.2, 0.25) is 0 Å². The number of nitrogens with zero attached hydrogens (tertiary/aromatic N) is 2. The van der Waals surface area contributed by atoms with E-state index in [0.29, 0.717) is 19.6 Å². The van der Waals surface area contributed by atoms with E-state index in [0.717, 1.165) is 0 Å². The fourth-order valence-corrected chi connectivity index (χ4v) is 1.72. The van der Waals surface area contributed by atoms with Crippen molar-refractivity contribution in [3.8, 4) is 0 Å². The van der Waals surface area contributed by atoms with Crippen molar-refractivity contribution in [2.45, 2.75) is 32.9 Å². The second kappa shape index (κ2) is 7.64. The molecule has 20 heavy (non-hydrogen) atoms. The molecule has 0 aliphatic heterocycles. The molecule has 1 aromatic heterocycles. The number of carbonyl (C=O) groups is 2. The number of hydrogen-bond donors (Lipinski definition) is 2. The topological polar surface area (TPSA) is 93.5 Å². The van der Waals surface area contributed by atoms with Crippen molar-refractivity contribution in [3.63, 3.8) is 0 Å². The van der Waals surface area contributed by atoms with Crippen LogP contribution in [0.25, 0.3) is 0 Å². The van der Waals surface area contributed by atoms with E-state index in [1.165, 1.54) is 0 Å². The van der Waals surface area contributed by atoms with E-state index >= 15 is 0 Å². The number of amides is 1. The first-order chi connectivity index (χ1) is 9.43. The van der Waals surface area contributed by atoms with Gasteiger partial charge in [-0.1, -0.05) is 13.8 Å². The van der Waals surface area contributed by atoms with Crippen LogP contribution in [-0.4, -0.2) is 46.5 Å². The van der Waals surface area contributed by atoms with Crippen LogP contribution in [0.4, 0.5) is 0 Å². The Morgan fingerprint density at radius 2 is 2.20 bits per heavy atom. The molecule has 2 N–H and O–H groups in total. The van der Waals surface area contributed by atoms with E-state index in [9.17, 15) is 9.59 Å². The molecule has 0 aliphatic carbocycles. The summed E-state index contributed by atoms with van der Waals surface area (Å²) in [5, 5.41) is 15.6. The number of aromatic nitrogens is 2. The lowest BCUT2D eigenvalue weighted by Gasteiger charge is -2.15. The molecule has 1 atom stereocenters. The summed E-state index contributed by atoms with van der Waals surface area (Å²) in [7, 11) is 1.58. The van der Waals surface area contributed by atoms with Crippen LogP contribution in [0.1, 0.15) is 30.8 Å². The van der Waals surface area contributed by atoms with Gasteiger partial charge in [-0.2, -0.15) is 5.10 Å². The monoisotopic (exact) mass is 283 g/mol. The molecular formula is C13H21N3O4. The lowest BCUT2D eigenvalue weighted by molar-refractivity contribution is -0.139. The van der Waals surface area contributed by atoms with Gasteiger partial charge < -0.3 is 15.2 Å². The maximum absolute atomic E-state index is 11.9. The predicted molar refractivity (Wildman–Crippen MR) is 72.4 cm³/mol. The number of hydrogen-bond acceptors (Lipinski definition) is 4.